The highest BCUT2D eigenvalue weighted by molar-refractivity contribution is 6.00. The van der Waals surface area contributed by atoms with Crippen LogP contribution in [0.2, 0.25) is 0 Å². The molecule has 4 saturated heterocycles. The number of hydrogen-bond acceptors (Lipinski definition) is 8. The van der Waals surface area contributed by atoms with Gasteiger partial charge in [0.2, 0.25) is 11.8 Å². The first-order chi connectivity index (χ1) is 20.7. The SMILES string of the molecule is Cn1c(=O)n(C2CCC(=O)NC2=O)c2ccc(N3CCC(CN4CCN(CC5(C)CCNCC5)CC4)CC3)cc21.O=CO. The summed E-state index contributed by atoms with van der Waals surface area (Å²) in [4.78, 5) is 53.4. The van der Waals surface area contributed by atoms with Crippen LogP contribution < -0.4 is 21.2 Å². The molecule has 2 aromatic rings. The molecule has 0 spiro atoms. The molecule has 12 heteroatoms. The molecule has 12 nitrogen and oxygen atoms in total. The predicted molar refractivity (Wildman–Crippen MR) is 165 cm³/mol. The van der Waals surface area contributed by atoms with Crippen molar-refractivity contribution in [3.8, 4) is 0 Å². The lowest BCUT2D eigenvalue weighted by Crippen LogP contribution is -2.52. The Balaban J connectivity index is 0.00000118. The molecule has 3 N–H and O–H groups in total. The van der Waals surface area contributed by atoms with Crippen LogP contribution in [0.25, 0.3) is 11.0 Å². The number of aromatic nitrogens is 2. The Morgan fingerprint density at radius 3 is 2.26 bits per heavy atom. The molecule has 1 aromatic carbocycles. The highest BCUT2D eigenvalue weighted by Gasteiger charge is 2.33. The highest BCUT2D eigenvalue weighted by atomic mass is 16.3. The van der Waals surface area contributed by atoms with Crippen LogP contribution in [0, 0.1) is 11.3 Å². The molecule has 4 aliphatic heterocycles. The third kappa shape index (κ3) is 7.13. The minimum Gasteiger partial charge on any atom is -0.483 e. The van der Waals surface area contributed by atoms with E-state index < -0.39 is 11.9 Å². The summed E-state index contributed by atoms with van der Waals surface area (Å²) in [6, 6.07) is 5.48. The maximum absolute atomic E-state index is 13.1. The molecule has 1 atom stereocenters. The standard InChI is InChI=1S/C30H45N7O3.CH2O2/c1-30(9-11-31-12-10-30)21-35-17-15-34(16-18-35)20-22-7-13-36(14-8-22)23-3-4-24-26(19-23)33(2)29(40)37(24)25-5-6-27(38)32-28(25)39;2-1-3/h3-4,19,22,25,31H,5-18,20-21H2,1-2H3,(H,32,38,39);1H,(H,2,3). The van der Waals surface area contributed by atoms with Gasteiger partial charge in [0.05, 0.1) is 11.0 Å². The van der Waals surface area contributed by atoms with E-state index in [-0.39, 0.29) is 24.5 Å². The summed E-state index contributed by atoms with van der Waals surface area (Å²) in [7, 11) is 1.76. The number of piperazine rings is 1. The van der Waals surface area contributed by atoms with Crippen molar-refractivity contribution in [3.63, 3.8) is 0 Å². The van der Waals surface area contributed by atoms with Crippen LogP contribution in [0.15, 0.2) is 23.0 Å². The van der Waals surface area contributed by atoms with Gasteiger partial charge in [0.1, 0.15) is 6.04 Å². The lowest BCUT2D eigenvalue weighted by Gasteiger charge is -2.43. The zero-order valence-corrected chi connectivity index (χ0v) is 25.6. The number of anilines is 1. The number of nitrogens with one attached hydrogen (secondary N) is 2. The quantitative estimate of drug-likeness (QED) is 0.332. The second kappa shape index (κ2) is 13.6. The van der Waals surface area contributed by atoms with Crippen molar-refractivity contribution in [2.45, 2.75) is 51.5 Å². The van der Waals surface area contributed by atoms with Gasteiger partial charge in [-0.3, -0.25) is 28.8 Å². The predicted octanol–water partition coefficient (Wildman–Crippen LogP) is 1.24. The van der Waals surface area contributed by atoms with Gasteiger partial charge >= 0.3 is 5.69 Å². The number of rotatable bonds is 6. The fourth-order valence-electron chi connectivity index (χ4n) is 7.38. The number of benzene rings is 1. The number of amides is 2. The van der Waals surface area contributed by atoms with Crippen molar-refractivity contribution in [1.82, 2.24) is 29.6 Å². The maximum atomic E-state index is 13.1. The van der Waals surface area contributed by atoms with E-state index in [1.54, 1.807) is 16.2 Å². The van der Waals surface area contributed by atoms with Crippen LogP contribution in [0.1, 0.15) is 51.5 Å². The molecule has 0 radical (unpaired) electrons. The van der Waals surface area contributed by atoms with Crippen molar-refractivity contribution in [1.29, 1.82) is 0 Å². The number of carbonyl (C=O) groups excluding carboxylic acids is 2. The Kier molecular flexibility index (Phi) is 9.88. The smallest absolute Gasteiger partial charge is 0.329 e. The van der Waals surface area contributed by atoms with Crippen molar-refractivity contribution >= 4 is 35.0 Å². The number of aryl methyl sites for hydroxylation is 1. The van der Waals surface area contributed by atoms with E-state index in [0.29, 0.717) is 11.8 Å². The summed E-state index contributed by atoms with van der Waals surface area (Å²) in [6.45, 7) is 13.8. The van der Waals surface area contributed by atoms with Crippen LogP contribution in [0.4, 0.5) is 5.69 Å². The van der Waals surface area contributed by atoms with E-state index in [1.807, 2.05) is 6.07 Å². The molecule has 236 valence electrons. The molecule has 6 rings (SSSR count). The molecule has 1 aromatic heterocycles. The van der Waals surface area contributed by atoms with E-state index in [4.69, 9.17) is 9.90 Å². The third-order valence-corrected chi connectivity index (χ3v) is 9.97. The van der Waals surface area contributed by atoms with E-state index in [2.05, 4.69) is 44.4 Å². The molecule has 0 bridgehead atoms. The number of imidazole rings is 1. The summed E-state index contributed by atoms with van der Waals surface area (Å²) >= 11 is 0. The molecule has 4 fully saturated rings. The fraction of sp³-hybridized carbons (Fsp3) is 0.677. The Labute approximate surface area is 253 Å². The molecule has 4 aliphatic rings. The lowest BCUT2D eigenvalue weighted by atomic mass is 9.80. The van der Waals surface area contributed by atoms with Gasteiger partial charge in [0.15, 0.2) is 0 Å². The number of piperidine rings is 3. The molecular formula is C31H47N7O5. The molecule has 0 saturated carbocycles. The summed E-state index contributed by atoms with van der Waals surface area (Å²) < 4.78 is 3.18. The minimum atomic E-state index is -0.648. The normalized spacial score (nSPS) is 24.0. The van der Waals surface area contributed by atoms with E-state index in [0.717, 1.165) is 48.8 Å². The van der Waals surface area contributed by atoms with Crippen molar-refractivity contribution in [2.24, 2.45) is 18.4 Å². The van der Waals surface area contributed by atoms with Gasteiger partial charge in [0.25, 0.3) is 6.47 Å². The molecule has 1 unspecified atom stereocenters. The number of imide groups is 1. The summed E-state index contributed by atoms with van der Waals surface area (Å²) in [5.41, 5.74) is 2.95. The third-order valence-electron chi connectivity index (χ3n) is 9.97. The topological polar surface area (TPSA) is 132 Å². The van der Waals surface area contributed by atoms with E-state index in [1.165, 1.54) is 65.0 Å². The van der Waals surface area contributed by atoms with Crippen LogP contribution in [-0.4, -0.2) is 108 Å². The number of carbonyl (C=O) groups is 3. The van der Waals surface area contributed by atoms with Crippen LogP contribution in [-0.2, 0) is 21.4 Å². The zero-order valence-electron chi connectivity index (χ0n) is 25.6. The van der Waals surface area contributed by atoms with Gasteiger partial charge in [-0.25, -0.2) is 4.79 Å². The zero-order chi connectivity index (χ0) is 30.6. The number of carboxylic acid groups (broad SMARTS) is 1. The lowest BCUT2D eigenvalue weighted by molar-refractivity contribution is -0.135. The van der Waals surface area contributed by atoms with Gasteiger partial charge in [-0.15, -0.1) is 0 Å². The molecule has 2 amide bonds. The largest absolute Gasteiger partial charge is 0.483 e. The average molecular weight is 598 g/mol. The average Bonchev–Trinajstić information content (AvgIpc) is 3.24. The second-order valence-electron chi connectivity index (χ2n) is 13.0. The second-order valence-corrected chi connectivity index (χ2v) is 13.0. The monoisotopic (exact) mass is 597 g/mol. The first-order valence-electron chi connectivity index (χ1n) is 15.7. The number of hydrogen-bond donors (Lipinski definition) is 3. The number of fused-ring (bicyclic) bond motifs is 1. The summed E-state index contributed by atoms with van der Waals surface area (Å²) in [5.74, 6) is 0.0606. The first kappa shape index (κ1) is 31.2. The summed E-state index contributed by atoms with van der Waals surface area (Å²) in [6.07, 6.45) is 5.55. The van der Waals surface area contributed by atoms with Gasteiger partial charge in [0, 0.05) is 71.5 Å². The minimum absolute atomic E-state index is 0.217. The van der Waals surface area contributed by atoms with Crippen LogP contribution in [0.5, 0.6) is 0 Å². The summed E-state index contributed by atoms with van der Waals surface area (Å²) in [5, 5.41) is 12.8. The van der Waals surface area contributed by atoms with Crippen LogP contribution in [0.3, 0.4) is 0 Å². The molecular weight excluding hydrogens is 550 g/mol. The Hall–Kier alpha value is -3.22. The van der Waals surface area contributed by atoms with Gasteiger partial charge in [-0.05, 0) is 74.7 Å². The highest BCUT2D eigenvalue weighted by Crippen LogP contribution is 2.31. The Bertz CT molecular complexity index is 1350. The molecule has 5 heterocycles. The van der Waals surface area contributed by atoms with Crippen molar-refractivity contribution in [2.75, 3.05) is 70.3 Å². The fourth-order valence-corrected chi connectivity index (χ4v) is 7.38. The van der Waals surface area contributed by atoms with Gasteiger partial charge < -0.3 is 25.1 Å². The van der Waals surface area contributed by atoms with E-state index in [9.17, 15) is 14.4 Å². The molecule has 43 heavy (non-hydrogen) atoms. The van der Waals surface area contributed by atoms with Crippen molar-refractivity contribution in [3.05, 3.63) is 28.7 Å². The maximum Gasteiger partial charge on any atom is 0.329 e. The Morgan fingerprint density at radius 2 is 1.60 bits per heavy atom. The Morgan fingerprint density at radius 1 is 0.953 bits per heavy atom. The number of nitrogens with zero attached hydrogens (tertiary/aromatic N) is 5. The van der Waals surface area contributed by atoms with Crippen LogP contribution >= 0.6 is 0 Å². The van der Waals surface area contributed by atoms with Crippen molar-refractivity contribution < 1.29 is 19.5 Å². The molecule has 0 aliphatic carbocycles. The van der Waals surface area contributed by atoms with E-state index >= 15 is 0 Å². The van der Waals surface area contributed by atoms with Gasteiger partial charge in [-0.2, -0.15) is 0 Å². The van der Waals surface area contributed by atoms with Gasteiger partial charge in [-0.1, -0.05) is 6.92 Å². The first-order valence-corrected chi connectivity index (χ1v) is 15.7.